The summed E-state index contributed by atoms with van der Waals surface area (Å²) in [7, 11) is 1.84. The molecule has 1 aromatic carbocycles. The van der Waals surface area contributed by atoms with Crippen LogP contribution in [0.4, 0.5) is 0 Å². The summed E-state index contributed by atoms with van der Waals surface area (Å²) in [5, 5.41) is 7.04. The van der Waals surface area contributed by atoms with Crippen LogP contribution in [0.2, 0.25) is 0 Å². The number of hydrogen-bond acceptors (Lipinski definition) is 3. The lowest BCUT2D eigenvalue weighted by molar-refractivity contribution is -0.126. The lowest BCUT2D eigenvalue weighted by Crippen LogP contribution is -2.49. The van der Waals surface area contributed by atoms with E-state index < -0.39 is 5.54 Å². The van der Waals surface area contributed by atoms with Gasteiger partial charge in [0.25, 0.3) is 0 Å². The fourth-order valence-electron chi connectivity index (χ4n) is 2.02. The Morgan fingerprint density at radius 1 is 1.43 bits per heavy atom. The van der Waals surface area contributed by atoms with E-state index in [1.165, 1.54) is 0 Å². The fraction of sp³-hybridized carbons (Fsp3) is 0.333. The van der Waals surface area contributed by atoms with Crippen molar-refractivity contribution in [3.63, 3.8) is 0 Å². The number of rotatable bonds is 4. The molecule has 2 rings (SSSR count). The molecule has 0 saturated heterocycles. The van der Waals surface area contributed by atoms with E-state index in [0.717, 1.165) is 15.6 Å². The van der Waals surface area contributed by atoms with E-state index in [4.69, 9.17) is 5.73 Å². The molecule has 112 valence electrons. The van der Waals surface area contributed by atoms with Crippen molar-refractivity contribution in [1.82, 2.24) is 15.1 Å². The molecule has 2 unspecified atom stereocenters. The maximum absolute atomic E-state index is 12.5. The first-order chi connectivity index (χ1) is 9.80. The van der Waals surface area contributed by atoms with Crippen LogP contribution in [0.1, 0.15) is 31.0 Å². The fourth-order valence-corrected chi connectivity index (χ4v) is 2.29. The van der Waals surface area contributed by atoms with Gasteiger partial charge in [0.15, 0.2) is 0 Å². The molecule has 2 atom stereocenters. The van der Waals surface area contributed by atoms with Gasteiger partial charge in [-0.05, 0) is 31.5 Å². The van der Waals surface area contributed by atoms with Crippen molar-refractivity contribution >= 4 is 21.8 Å². The average molecular weight is 351 g/mol. The smallest absolute Gasteiger partial charge is 0.244 e. The van der Waals surface area contributed by atoms with Crippen LogP contribution >= 0.6 is 15.9 Å². The number of halogens is 1. The molecular formula is C15H19BrN4O. The van der Waals surface area contributed by atoms with Gasteiger partial charge in [0.1, 0.15) is 5.54 Å². The molecule has 0 spiro atoms. The lowest BCUT2D eigenvalue weighted by atomic mass is 9.92. The van der Waals surface area contributed by atoms with Crippen LogP contribution in [-0.2, 0) is 17.4 Å². The molecule has 21 heavy (non-hydrogen) atoms. The van der Waals surface area contributed by atoms with Crippen LogP contribution in [0, 0.1) is 0 Å². The van der Waals surface area contributed by atoms with Gasteiger partial charge in [-0.25, -0.2) is 0 Å². The second-order valence-corrected chi connectivity index (χ2v) is 6.27. The van der Waals surface area contributed by atoms with Gasteiger partial charge in [-0.2, -0.15) is 5.10 Å². The van der Waals surface area contributed by atoms with Gasteiger partial charge < -0.3 is 11.1 Å². The highest BCUT2D eigenvalue weighted by molar-refractivity contribution is 9.10. The molecule has 0 bridgehead atoms. The predicted octanol–water partition coefficient (Wildman–Crippen LogP) is 2.23. The number of hydrogen-bond donors (Lipinski definition) is 2. The maximum atomic E-state index is 12.5. The van der Waals surface area contributed by atoms with Crippen molar-refractivity contribution in [2.75, 3.05) is 0 Å². The van der Waals surface area contributed by atoms with Crippen LogP contribution in [0.25, 0.3) is 0 Å². The standard InChI is InChI=1S/C15H19BrN4O/c1-10(11-8-18-20(3)9-11)19-14(21)15(2,17)12-4-6-13(16)7-5-12/h4-10H,17H2,1-3H3,(H,19,21). The number of nitrogens with two attached hydrogens (primary N) is 1. The van der Waals surface area contributed by atoms with E-state index in [0.29, 0.717) is 0 Å². The molecule has 2 aromatic rings. The molecule has 0 saturated carbocycles. The Labute approximate surface area is 132 Å². The number of carbonyl (C=O) groups excluding carboxylic acids is 1. The minimum absolute atomic E-state index is 0.149. The quantitative estimate of drug-likeness (QED) is 0.887. The van der Waals surface area contributed by atoms with Crippen molar-refractivity contribution in [3.05, 3.63) is 52.3 Å². The predicted molar refractivity (Wildman–Crippen MR) is 85.4 cm³/mol. The monoisotopic (exact) mass is 350 g/mol. The Kier molecular flexibility index (Phi) is 4.49. The summed E-state index contributed by atoms with van der Waals surface area (Å²) < 4.78 is 2.65. The van der Waals surface area contributed by atoms with Crippen LogP contribution in [0.15, 0.2) is 41.1 Å². The Balaban J connectivity index is 2.13. The Hall–Kier alpha value is -1.66. The molecule has 0 aliphatic heterocycles. The second-order valence-electron chi connectivity index (χ2n) is 5.35. The Bertz CT molecular complexity index is 633. The van der Waals surface area contributed by atoms with Gasteiger partial charge >= 0.3 is 0 Å². The first-order valence-electron chi connectivity index (χ1n) is 6.65. The SMILES string of the molecule is CC(NC(=O)C(C)(N)c1ccc(Br)cc1)c1cnn(C)c1. The van der Waals surface area contributed by atoms with Gasteiger partial charge in [0.2, 0.25) is 5.91 Å². The normalized spacial score (nSPS) is 15.3. The Morgan fingerprint density at radius 3 is 2.57 bits per heavy atom. The summed E-state index contributed by atoms with van der Waals surface area (Å²) >= 11 is 3.37. The van der Waals surface area contributed by atoms with Crippen LogP contribution in [0.5, 0.6) is 0 Å². The lowest BCUT2D eigenvalue weighted by Gasteiger charge is -2.26. The number of carbonyl (C=O) groups is 1. The zero-order valence-corrected chi connectivity index (χ0v) is 13.9. The second kappa shape index (κ2) is 5.99. The maximum Gasteiger partial charge on any atom is 0.244 e. The number of benzene rings is 1. The van der Waals surface area contributed by atoms with Crippen molar-refractivity contribution in [3.8, 4) is 0 Å². The molecular weight excluding hydrogens is 332 g/mol. The van der Waals surface area contributed by atoms with E-state index in [2.05, 4.69) is 26.3 Å². The molecule has 0 fully saturated rings. The highest BCUT2D eigenvalue weighted by atomic mass is 79.9. The van der Waals surface area contributed by atoms with E-state index in [1.807, 2.05) is 44.4 Å². The zero-order chi connectivity index (χ0) is 15.6. The third kappa shape index (κ3) is 3.51. The largest absolute Gasteiger partial charge is 0.348 e. The first kappa shape index (κ1) is 15.7. The molecule has 1 aromatic heterocycles. The van der Waals surface area contributed by atoms with Gasteiger partial charge in [0, 0.05) is 23.3 Å². The van der Waals surface area contributed by atoms with E-state index >= 15 is 0 Å². The van der Waals surface area contributed by atoms with Gasteiger partial charge in [0.05, 0.1) is 12.2 Å². The third-order valence-electron chi connectivity index (χ3n) is 3.49. The molecule has 1 heterocycles. The minimum atomic E-state index is -1.09. The third-order valence-corrected chi connectivity index (χ3v) is 4.02. The van der Waals surface area contributed by atoms with Crippen LogP contribution < -0.4 is 11.1 Å². The minimum Gasteiger partial charge on any atom is -0.348 e. The molecule has 0 aliphatic rings. The summed E-state index contributed by atoms with van der Waals surface area (Å²) in [6, 6.07) is 7.29. The topological polar surface area (TPSA) is 72.9 Å². The molecule has 0 radical (unpaired) electrons. The van der Waals surface area contributed by atoms with Crippen LogP contribution in [-0.4, -0.2) is 15.7 Å². The molecule has 6 heteroatoms. The van der Waals surface area contributed by atoms with E-state index in [9.17, 15) is 4.79 Å². The number of nitrogens with one attached hydrogen (secondary N) is 1. The average Bonchev–Trinajstić information content (AvgIpc) is 2.86. The Morgan fingerprint density at radius 2 is 2.05 bits per heavy atom. The van der Waals surface area contributed by atoms with Crippen molar-refractivity contribution in [2.24, 2.45) is 12.8 Å². The number of nitrogens with zero attached hydrogens (tertiary/aromatic N) is 2. The summed E-state index contributed by atoms with van der Waals surface area (Å²) in [6.07, 6.45) is 3.61. The van der Waals surface area contributed by atoms with E-state index in [-0.39, 0.29) is 11.9 Å². The van der Waals surface area contributed by atoms with Gasteiger partial charge in [-0.3, -0.25) is 9.48 Å². The number of aromatic nitrogens is 2. The van der Waals surface area contributed by atoms with Gasteiger partial charge in [-0.15, -0.1) is 0 Å². The number of amides is 1. The summed E-state index contributed by atoms with van der Waals surface area (Å²) in [5.41, 5.74) is 6.84. The molecule has 3 N–H and O–H groups in total. The molecule has 1 amide bonds. The zero-order valence-electron chi connectivity index (χ0n) is 12.3. The molecule has 5 nitrogen and oxygen atoms in total. The van der Waals surface area contributed by atoms with E-state index in [1.54, 1.807) is 17.8 Å². The van der Waals surface area contributed by atoms with Gasteiger partial charge in [-0.1, -0.05) is 28.1 Å². The summed E-state index contributed by atoms with van der Waals surface area (Å²) in [4.78, 5) is 12.5. The highest BCUT2D eigenvalue weighted by Gasteiger charge is 2.31. The molecule has 0 aliphatic carbocycles. The number of aryl methyl sites for hydroxylation is 1. The first-order valence-corrected chi connectivity index (χ1v) is 7.44. The summed E-state index contributed by atoms with van der Waals surface area (Å²) in [6.45, 7) is 3.62. The highest BCUT2D eigenvalue weighted by Crippen LogP contribution is 2.22. The van der Waals surface area contributed by atoms with Crippen LogP contribution in [0.3, 0.4) is 0 Å². The van der Waals surface area contributed by atoms with Crippen molar-refractivity contribution in [1.29, 1.82) is 0 Å². The van der Waals surface area contributed by atoms with Crippen molar-refractivity contribution < 1.29 is 4.79 Å². The van der Waals surface area contributed by atoms with Crippen molar-refractivity contribution in [2.45, 2.75) is 25.4 Å². The summed E-state index contributed by atoms with van der Waals surface area (Å²) in [5.74, 6) is -0.221.